The number of nitrogens with zero attached hydrogens (tertiary/aromatic N) is 1. The van der Waals surface area contributed by atoms with Crippen molar-refractivity contribution in [3.63, 3.8) is 0 Å². The highest BCUT2D eigenvalue weighted by Crippen LogP contribution is 2.60. The van der Waals surface area contributed by atoms with Gasteiger partial charge in [-0.25, -0.2) is 0 Å². The summed E-state index contributed by atoms with van der Waals surface area (Å²) in [6, 6.07) is 8.75. The van der Waals surface area contributed by atoms with Crippen LogP contribution in [0.1, 0.15) is 36.3 Å². The molecule has 1 aliphatic heterocycles. The molecule has 0 spiro atoms. The number of alkyl halides is 1. The van der Waals surface area contributed by atoms with Gasteiger partial charge in [0.05, 0.1) is 0 Å². The van der Waals surface area contributed by atoms with Gasteiger partial charge in [0, 0.05) is 24.3 Å². The lowest BCUT2D eigenvalue weighted by atomic mass is 9.92. The largest absolute Gasteiger partial charge is 0.342 e. The van der Waals surface area contributed by atoms with Crippen LogP contribution >= 0.6 is 15.9 Å². The first kappa shape index (κ1) is 13.8. The van der Waals surface area contributed by atoms with Crippen molar-refractivity contribution in [2.75, 3.05) is 18.4 Å². The summed E-state index contributed by atoms with van der Waals surface area (Å²) in [6.07, 6.45) is 4.75. The van der Waals surface area contributed by atoms with Gasteiger partial charge in [0.1, 0.15) is 0 Å². The molecule has 1 aromatic rings. The molecule has 1 heterocycles. The summed E-state index contributed by atoms with van der Waals surface area (Å²) in [5, 5.41) is 1.06. The maximum Gasteiger partial charge on any atom is 0.226 e. The van der Waals surface area contributed by atoms with Crippen LogP contribution in [-0.4, -0.2) is 29.2 Å². The second-order valence-corrected chi connectivity index (χ2v) is 7.66. The smallest absolute Gasteiger partial charge is 0.226 e. The Bertz CT molecular complexity index is 558. The van der Waals surface area contributed by atoms with Crippen molar-refractivity contribution in [3.05, 3.63) is 35.4 Å². The molecule has 112 valence electrons. The molecule has 0 N–H and O–H groups in total. The molecule has 3 heteroatoms. The minimum atomic E-state index is 0.288. The molecule has 1 amide bonds. The van der Waals surface area contributed by atoms with Gasteiger partial charge >= 0.3 is 0 Å². The van der Waals surface area contributed by atoms with Crippen LogP contribution in [0.3, 0.4) is 0 Å². The van der Waals surface area contributed by atoms with Gasteiger partial charge in [-0.2, -0.15) is 0 Å². The van der Waals surface area contributed by atoms with E-state index < -0.39 is 0 Å². The van der Waals surface area contributed by atoms with Crippen LogP contribution in [-0.2, 0) is 11.2 Å². The Balaban J connectivity index is 1.46. The number of amides is 1. The lowest BCUT2D eigenvalue weighted by molar-refractivity contribution is -0.132. The van der Waals surface area contributed by atoms with Gasteiger partial charge in [-0.15, -0.1) is 0 Å². The molecule has 2 nitrogen and oxygen atoms in total. The number of rotatable bonds is 3. The highest BCUT2D eigenvalue weighted by Gasteiger charge is 2.58. The van der Waals surface area contributed by atoms with Crippen molar-refractivity contribution < 1.29 is 4.79 Å². The van der Waals surface area contributed by atoms with Gasteiger partial charge < -0.3 is 4.90 Å². The highest BCUT2D eigenvalue weighted by atomic mass is 79.9. The summed E-state index contributed by atoms with van der Waals surface area (Å²) in [4.78, 5) is 15.0. The first-order valence-corrected chi connectivity index (χ1v) is 9.34. The van der Waals surface area contributed by atoms with E-state index in [1.807, 2.05) is 0 Å². The Hall–Kier alpha value is -0.830. The molecule has 4 rings (SSSR count). The Morgan fingerprint density at radius 1 is 1.29 bits per heavy atom. The van der Waals surface area contributed by atoms with Crippen molar-refractivity contribution >= 4 is 21.8 Å². The quantitative estimate of drug-likeness (QED) is 0.765. The zero-order chi connectivity index (χ0) is 14.4. The molecular formula is C18H22BrNO. The Morgan fingerprint density at radius 2 is 2.14 bits per heavy atom. The minimum Gasteiger partial charge on any atom is -0.342 e. The number of benzene rings is 1. The van der Waals surface area contributed by atoms with E-state index in [1.54, 1.807) is 0 Å². The topological polar surface area (TPSA) is 20.3 Å². The second-order valence-electron chi connectivity index (χ2n) is 6.87. The van der Waals surface area contributed by atoms with E-state index in [0.29, 0.717) is 23.7 Å². The van der Waals surface area contributed by atoms with Crippen molar-refractivity contribution in [1.82, 2.24) is 4.90 Å². The van der Waals surface area contributed by atoms with E-state index >= 15 is 0 Å². The Morgan fingerprint density at radius 3 is 3.00 bits per heavy atom. The van der Waals surface area contributed by atoms with Gasteiger partial charge in [0.15, 0.2) is 0 Å². The van der Waals surface area contributed by atoms with Crippen molar-refractivity contribution in [2.45, 2.75) is 31.6 Å². The number of likely N-dealkylation sites (tertiary alicyclic amines) is 1. The summed E-state index contributed by atoms with van der Waals surface area (Å²) in [5.74, 6) is 2.59. The summed E-state index contributed by atoms with van der Waals surface area (Å²) >= 11 is 3.52. The number of carbonyl (C=O) groups excluding carboxylic acids is 1. The average Bonchev–Trinajstić information content (AvgIpc) is 3.08. The molecule has 2 aliphatic carbocycles. The zero-order valence-electron chi connectivity index (χ0n) is 12.3. The summed E-state index contributed by atoms with van der Waals surface area (Å²) in [6.45, 7) is 1.97. The normalized spacial score (nSPS) is 33.5. The highest BCUT2D eigenvalue weighted by molar-refractivity contribution is 9.09. The molecule has 4 atom stereocenters. The summed E-state index contributed by atoms with van der Waals surface area (Å²) in [7, 11) is 0. The molecule has 1 saturated heterocycles. The lowest BCUT2D eigenvalue weighted by Crippen LogP contribution is -2.30. The number of halogens is 1. The number of hydrogen-bond acceptors (Lipinski definition) is 1. The van der Waals surface area contributed by atoms with Crippen LogP contribution in [0.5, 0.6) is 0 Å². The van der Waals surface area contributed by atoms with Crippen LogP contribution in [0.4, 0.5) is 0 Å². The molecule has 4 unspecified atom stereocenters. The van der Waals surface area contributed by atoms with Crippen LogP contribution in [0.25, 0.3) is 0 Å². The Labute approximate surface area is 135 Å². The Kier molecular flexibility index (Phi) is 3.56. The zero-order valence-corrected chi connectivity index (χ0v) is 13.9. The number of fused-ring (bicyclic) bond motifs is 3. The van der Waals surface area contributed by atoms with E-state index in [0.717, 1.165) is 24.8 Å². The van der Waals surface area contributed by atoms with Crippen molar-refractivity contribution in [2.24, 2.45) is 17.8 Å². The van der Waals surface area contributed by atoms with Crippen LogP contribution in [0.2, 0.25) is 0 Å². The first-order valence-electron chi connectivity index (χ1n) is 8.22. The third-order valence-electron chi connectivity index (χ3n) is 5.73. The maximum atomic E-state index is 12.8. The van der Waals surface area contributed by atoms with Gasteiger partial charge in [0.25, 0.3) is 0 Å². The molecule has 0 aromatic heterocycles. The maximum absolute atomic E-state index is 12.8. The van der Waals surface area contributed by atoms with E-state index in [2.05, 4.69) is 45.1 Å². The van der Waals surface area contributed by atoms with E-state index in [1.165, 1.54) is 30.4 Å². The first-order chi connectivity index (χ1) is 10.3. The second kappa shape index (κ2) is 5.42. The third-order valence-corrected chi connectivity index (χ3v) is 6.19. The number of aryl methyl sites for hydroxylation is 1. The molecule has 0 radical (unpaired) electrons. The fourth-order valence-corrected chi connectivity index (χ4v) is 5.18. The predicted molar refractivity (Wildman–Crippen MR) is 87.6 cm³/mol. The van der Waals surface area contributed by atoms with Crippen LogP contribution in [0.15, 0.2) is 24.3 Å². The molecular weight excluding hydrogens is 326 g/mol. The minimum absolute atomic E-state index is 0.288. The lowest BCUT2D eigenvalue weighted by Gasteiger charge is -2.16. The molecule has 2 fully saturated rings. The standard InChI is InChI=1S/C18H22BrNO/c19-9-7-12-8-10-20(11-12)18(21)17-15-6-5-13-3-1-2-4-14(13)16(15)17/h1-4,12,15-17H,5-11H2. The van der Waals surface area contributed by atoms with E-state index in [-0.39, 0.29) is 5.92 Å². The van der Waals surface area contributed by atoms with Crippen molar-refractivity contribution in [1.29, 1.82) is 0 Å². The summed E-state index contributed by atoms with van der Waals surface area (Å²) in [5.41, 5.74) is 2.94. The monoisotopic (exact) mass is 347 g/mol. The number of hydrogen-bond donors (Lipinski definition) is 0. The van der Waals surface area contributed by atoms with Gasteiger partial charge in [-0.1, -0.05) is 40.2 Å². The van der Waals surface area contributed by atoms with Gasteiger partial charge in [-0.3, -0.25) is 4.79 Å². The fraction of sp³-hybridized carbons (Fsp3) is 0.611. The molecule has 1 aromatic carbocycles. The molecule has 3 aliphatic rings. The van der Waals surface area contributed by atoms with E-state index in [9.17, 15) is 4.79 Å². The molecule has 21 heavy (non-hydrogen) atoms. The van der Waals surface area contributed by atoms with Crippen LogP contribution < -0.4 is 0 Å². The van der Waals surface area contributed by atoms with Gasteiger partial charge in [0.2, 0.25) is 5.91 Å². The van der Waals surface area contributed by atoms with Crippen molar-refractivity contribution in [3.8, 4) is 0 Å². The fourth-order valence-electron chi connectivity index (χ4n) is 4.54. The SMILES string of the molecule is O=C(C1C2CCc3ccccc3C21)N1CCC(CCBr)C1. The molecule has 1 saturated carbocycles. The average molecular weight is 348 g/mol. The van der Waals surface area contributed by atoms with E-state index in [4.69, 9.17) is 0 Å². The third kappa shape index (κ3) is 2.34. The molecule has 0 bridgehead atoms. The predicted octanol–water partition coefficient (Wildman–Crippen LogP) is 3.60. The number of carbonyl (C=O) groups is 1. The van der Waals surface area contributed by atoms with Crippen LogP contribution in [0, 0.1) is 17.8 Å². The van der Waals surface area contributed by atoms with Gasteiger partial charge in [-0.05, 0) is 54.6 Å². The summed E-state index contributed by atoms with van der Waals surface area (Å²) < 4.78 is 0.